The van der Waals surface area contributed by atoms with Crippen LogP contribution in [-0.4, -0.2) is 33.5 Å². The van der Waals surface area contributed by atoms with Gasteiger partial charge in [-0.05, 0) is 18.3 Å². The lowest BCUT2D eigenvalue weighted by Crippen LogP contribution is -2.29. The molecule has 0 atom stereocenters. The molecule has 1 rings (SSSR count). The summed E-state index contributed by atoms with van der Waals surface area (Å²) >= 11 is 0. The minimum absolute atomic E-state index is 0.117. The molecule has 7 heteroatoms. The van der Waals surface area contributed by atoms with Gasteiger partial charge in [-0.25, -0.2) is 4.79 Å². The normalized spacial score (nSPS) is 11.3. The fourth-order valence-electron chi connectivity index (χ4n) is 1.63. The number of aliphatic carboxylic acids is 1. The maximum Gasteiger partial charge on any atom is 0.323 e. The number of aromatic nitrogens is 2. The second-order valence-electron chi connectivity index (χ2n) is 5.22. The van der Waals surface area contributed by atoms with E-state index in [1.807, 2.05) is 13.8 Å². The predicted octanol–water partition coefficient (Wildman–Crippen LogP) is 0.714. The fraction of sp³-hybridized carbons (Fsp3) is 0.583. The standard InChI is InChI=1S/C12H19N3O4/c1-12(2,4-3-9(16)17)5-6-13-10(18)8-7-14-11(19)15-8/h7H,3-6H2,1-2H3,(H,13,18)(H,16,17)(H2,14,15,19). The Balaban J connectivity index is 2.35. The molecule has 0 radical (unpaired) electrons. The van der Waals surface area contributed by atoms with Gasteiger partial charge in [0.25, 0.3) is 5.91 Å². The second kappa shape index (κ2) is 6.21. The number of hydrogen-bond acceptors (Lipinski definition) is 3. The summed E-state index contributed by atoms with van der Waals surface area (Å²) in [5, 5.41) is 11.3. The van der Waals surface area contributed by atoms with Crippen LogP contribution in [0.5, 0.6) is 0 Å². The van der Waals surface area contributed by atoms with E-state index in [0.717, 1.165) is 0 Å². The van der Waals surface area contributed by atoms with Gasteiger partial charge in [0, 0.05) is 19.2 Å². The quantitative estimate of drug-likeness (QED) is 0.583. The lowest BCUT2D eigenvalue weighted by Gasteiger charge is -2.23. The van der Waals surface area contributed by atoms with Gasteiger partial charge in [0.1, 0.15) is 5.69 Å². The third kappa shape index (κ3) is 5.41. The lowest BCUT2D eigenvalue weighted by molar-refractivity contribution is -0.137. The highest BCUT2D eigenvalue weighted by atomic mass is 16.4. The molecule has 7 nitrogen and oxygen atoms in total. The zero-order valence-electron chi connectivity index (χ0n) is 11.1. The van der Waals surface area contributed by atoms with Crippen LogP contribution in [0.25, 0.3) is 0 Å². The van der Waals surface area contributed by atoms with E-state index in [0.29, 0.717) is 19.4 Å². The predicted molar refractivity (Wildman–Crippen MR) is 69.0 cm³/mol. The molecule has 106 valence electrons. The van der Waals surface area contributed by atoms with Gasteiger partial charge in [0.2, 0.25) is 0 Å². The molecule has 0 saturated carbocycles. The van der Waals surface area contributed by atoms with Gasteiger partial charge in [-0.3, -0.25) is 9.59 Å². The average Bonchev–Trinajstić information content (AvgIpc) is 2.73. The zero-order valence-corrected chi connectivity index (χ0v) is 11.1. The number of carbonyl (C=O) groups excluding carboxylic acids is 1. The molecule has 0 aliphatic heterocycles. The van der Waals surface area contributed by atoms with Crippen molar-refractivity contribution in [3.05, 3.63) is 22.4 Å². The minimum atomic E-state index is -0.818. The number of nitrogens with one attached hydrogen (secondary N) is 3. The maximum absolute atomic E-state index is 11.6. The number of rotatable bonds is 7. The van der Waals surface area contributed by atoms with Crippen LogP contribution >= 0.6 is 0 Å². The van der Waals surface area contributed by atoms with Gasteiger partial charge in [-0.2, -0.15) is 0 Å². The van der Waals surface area contributed by atoms with Crippen molar-refractivity contribution in [2.45, 2.75) is 33.1 Å². The van der Waals surface area contributed by atoms with E-state index >= 15 is 0 Å². The number of hydrogen-bond donors (Lipinski definition) is 4. The van der Waals surface area contributed by atoms with Crippen LogP contribution in [0.1, 0.15) is 43.6 Å². The molecule has 0 fully saturated rings. The van der Waals surface area contributed by atoms with Crippen LogP contribution in [0.2, 0.25) is 0 Å². The summed E-state index contributed by atoms with van der Waals surface area (Å²) < 4.78 is 0. The number of carboxylic acid groups (broad SMARTS) is 1. The van der Waals surface area contributed by atoms with Crippen molar-refractivity contribution in [2.24, 2.45) is 5.41 Å². The second-order valence-corrected chi connectivity index (χ2v) is 5.22. The monoisotopic (exact) mass is 269 g/mol. The Labute approximate surface area is 110 Å². The third-order valence-corrected chi connectivity index (χ3v) is 2.94. The molecular formula is C12H19N3O4. The van der Waals surface area contributed by atoms with Crippen LogP contribution in [-0.2, 0) is 4.79 Å². The highest BCUT2D eigenvalue weighted by molar-refractivity contribution is 5.91. The Morgan fingerprint density at radius 1 is 1.37 bits per heavy atom. The largest absolute Gasteiger partial charge is 0.481 e. The molecule has 4 N–H and O–H groups in total. The van der Waals surface area contributed by atoms with Crippen LogP contribution in [0.15, 0.2) is 11.0 Å². The Hall–Kier alpha value is -2.05. The summed E-state index contributed by atoms with van der Waals surface area (Å²) in [6.45, 7) is 4.35. The molecular weight excluding hydrogens is 250 g/mol. The smallest absolute Gasteiger partial charge is 0.323 e. The van der Waals surface area contributed by atoms with Crippen molar-refractivity contribution in [3.63, 3.8) is 0 Å². The summed E-state index contributed by atoms with van der Waals surface area (Å²) in [6.07, 6.45) is 2.65. The van der Waals surface area contributed by atoms with E-state index in [-0.39, 0.29) is 23.4 Å². The molecule has 19 heavy (non-hydrogen) atoms. The number of aromatic amines is 2. The molecule has 1 aromatic rings. The van der Waals surface area contributed by atoms with E-state index in [4.69, 9.17) is 5.11 Å². The van der Waals surface area contributed by atoms with E-state index in [9.17, 15) is 14.4 Å². The molecule has 0 aliphatic rings. The molecule has 0 unspecified atom stereocenters. The summed E-state index contributed by atoms with van der Waals surface area (Å²) in [5.41, 5.74) is -0.391. The van der Waals surface area contributed by atoms with E-state index in [2.05, 4.69) is 15.3 Å². The Morgan fingerprint density at radius 3 is 2.58 bits per heavy atom. The van der Waals surface area contributed by atoms with Gasteiger partial charge in [0.15, 0.2) is 0 Å². The molecule has 0 saturated heterocycles. The molecule has 1 aromatic heterocycles. The highest BCUT2D eigenvalue weighted by Crippen LogP contribution is 2.25. The third-order valence-electron chi connectivity index (χ3n) is 2.94. The van der Waals surface area contributed by atoms with Crippen LogP contribution in [0.3, 0.4) is 0 Å². The van der Waals surface area contributed by atoms with Gasteiger partial charge in [-0.1, -0.05) is 13.8 Å². The average molecular weight is 269 g/mol. The molecule has 1 amide bonds. The SMILES string of the molecule is CC(C)(CCNC(=O)c1c[nH]c(=O)[nH]1)CCC(=O)O. The first-order valence-corrected chi connectivity index (χ1v) is 6.08. The molecule has 0 aliphatic carbocycles. The first kappa shape index (κ1) is 15.0. The number of H-pyrrole nitrogens is 2. The number of imidazole rings is 1. The van der Waals surface area contributed by atoms with E-state index in [1.165, 1.54) is 6.20 Å². The maximum atomic E-state index is 11.6. The van der Waals surface area contributed by atoms with Crippen molar-refractivity contribution >= 4 is 11.9 Å². The summed E-state index contributed by atoms with van der Waals surface area (Å²) in [4.78, 5) is 37.7. The summed E-state index contributed by atoms with van der Waals surface area (Å²) in [5.74, 6) is -1.17. The minimum Gasteiger partial charge on any atom is -0.481 e. The van der Waals surface area contributed by atoms with Crippen molar-refractivity contribution in [2.75, 3.05) is 6.54 Å². The van der Waals surface area contributed by atoms with Crippen LogP contribution in [0, 0.1) is 5.41 Å². The first-order chi connectivity index (χ1) is 8.80. The number of amides is 1. The van der Waals surface area contributed by atoms with Crippen molar-refractivity contribution < 1.29 is 14.7 Å². The van der Waals surface area contributed by atoms with Crippen molar-refractivity contribution in [1.29, 1.82) is 0 Å². The highest BCUT2D eigenvalue weighted by Gasteiger charge is 2.19. The Morgan fingerprint density at radius 2 is 2.05 bits per heavy atom. The molecule has 0 bridgehead atoms. The van der Waals surface area contributed by atoms with Gasteiger partial charge < -0.3 is 20.4 Å². The van der Waals surface area contributed by atoms with Crippen molar-refractivity contribution in [3.8, 4) is 0 Å². The van der Waals surface area contributed by atoms with Gasteiger partial charge >= 0.3 is 11.7 Å². The van der Waals surface area contributed by atoms with E-state index < -0.39 is 11.7 Å². The summed E-state index contributed by atoms with van der Waals surface area (Å²) in [6, 6.07) is 0. The van der Waals surface area contributed by atoms with Gasteiger partial charge in [0.05, 0.1) is 0 Å². The summed E-state index contributed by atoms with van der Waals surface area (Å²) in [7, 11) is 0. The topological polar surface area (TPSA) is 115 Å². The fourth-order valence-corrected chi connectivity index (χ4v) is 1.63. The number of carbonyl (C=O) groups is 2. The Bertz CT molecular complexity index is 501. The molecule has 1 heterocycles. The lowest BCUT2D eigenvalue weighted by atomic mass is 9.84. The first-order valence-electron chi connectivity index (χ1n) is 6.08. The zero-order chi connectivity index (χ0) is 14.5. The number of carboxylic acids is 1. The van der Waals surface area contributed by atoms with Crippen LogP contribution < -0.4 is 11.0 Å². The van der Waals surface area contributed by atoms with Crippen molar-refractivity contribution in [1.82, 2.24) is 15.3 Å². The van der Waals surface area contributed by atoms with Gasteiger partial charge in [-0.15, -0.1) is 0 Å². The van der Waals surface area contributed by atoms with Crippen LogP contribution in [0.4, 0.5) is 0 Å². The Kier molecular flexibility index (Phi) is 4.91. The molecule has 0 spiro atoms. The van der Waals surface area contributed by atoms with E-state index in [1.54, 1.807) is 0 Å². The molecule has 0 aromatic carbocycles.